The van der Waals surface area contributed by atoms with Crippen molar-refractivity contribution in [3.05, 3.63) is 71.8 Å². The number of nitrogens with two attached hydrogens (primary N) is 1. The number of Topliss-reactive ketones (excluding diaryl/α,β-unsaturated/α-hetero) is 3. The van der Waals surface area contributed by atoms with Crippen molar-refractivity contribution in [2.24, 2.45) is 17.6 Å². The summed E-state index contributed by atoms with van der Waals surface area (Å²) < 4.78 is 4.61. The molecule has 382 valence electrons. The van der Waals surface area contributed by atoms with Crippen LogP contribution in [0.3, 0.4) is 0 Å². The third kappa shape index (κ3) is 23.4. The number of carbonyl (C=O) groups is 12. The zero-order valence-corrected chi connectivity index (χ0v) is 38.7. The summed E-state index contributed by atoms with van der Waals surface area (Å²) in [6.45, 7) is 1.03. The van der Waals surface area contributed by atoms with E-state index < -0.39 is 127 Å². The van der Waals surface area contributed by atoms with Crippen LogP contribution in [0.2, 0.25) is 0 Å². The quantitative estimate of drug-likeness (QED) is 0.0259. The molecule has 0 saturated carbocycles. The topological polar surface area (TPSA) is 381 Å². The molecule has 0 spiro atoms. The first kappa shape index (κ1) is 58.6. The summed E-state index contributed by atoms with van der Waals surface area (Å²) in [5, 5.41) is 48.9. The standard InChI is InChI=1S/C47H62N6O17/c1-2-30(45(65)66)23-37(56)36(25-42(61)62)51-44(64)33(48)26-49-43(63)31(21-28-11-5-3-6-12-28)24-38(57)35(22-29-13-7-4-8-14-29)50-39(58)16-10-9-15-32(55)17-18-34(46(67)68)52-47(69)53-40(70-27-54)19-20-41(59)60/h3-8,11-14,27,30-31,33-36,40H,2,9-10,15-26,48H2,1H3,(H,49,63)(H,50,58)(H,51,64)(H,59,60)(H,61,62)(H,65,66)(H,67,68)(H2,52,53,69)/t30-,31-,33+,34+,35+,36+,40-/m1/s1. The van der Waals surface area contributed by atoms with Gasteiger partial charge in [-0.3, -0.25) is 47.9 Å². The second-order valence-electron chi connectivity index (χ2n) is 16.4. The van der Waals surface area contributed by atoms with E-state index in [1.807, 2.05) is 0 Å². The van der Waals surface area contributed by atoms with E-state index >= 15 is 0 Å². The molecule has 7 atom stereocenters. The van der Waals surface area contributed by atoms with Crippen LogP contribution in [0, 0.1) is 11.8 Å². The molecule has 0 unspecified atom stereocenters. The van der Waals surface area contributed by atoms with Gasteiger partial charge in [0.05, 0.1) is 30.8 Å². The molecule has 2 aromatic carbocycles. The lowest BCUT2D eigenvalue weighted by Crippen LogP contribution is -2.53. The van der Waals surface area contributed by atoms with E-state index in [0.29, 0.717) is 11.1 Å². The van der Waals surface area contributed by atoms with Crippen molar-refractivity contribution in [1.29, 1.82) is 0 Å². The Morgan fingerprint density at radius 1 is 0.600 bits per heavy atom. The zero-order valence-electron chi connectivity index (χ0n) is 38.7. The van der Waals surface area contributed by atoms with Crippen molar-refractivity contribution in [3.63, 3.8) is 0 Å². The Hall–Kier alpha value is -7.56. The lowest BCUT2D eigenvalue weighted by atomic mass is 9.89. The van der Waals surface area contributed by atoms with Crippen molar-refractivity contribution in [2.45, 2.75) is 127 Å². The van der Waals surface area contributed by atoms with Gasteiger partial charge in [-0.15, -0.1) is 0 Å². The van der Waals surface area contributed by atoms with Gasteiger partial charge in [-0.2, -0.15) is 0 Å². The van der Waals surface area contributed by atoms with E-state index in [-0.39, 0.29) is 82.9 Å². The number of benzene rings is 2. The zero-order chi connectivity index (χ0) is 52.2. The number of aliphatic carboxylic acids is 4. The number of carboxylic acid groups (broad SMARTS) is 4. The fraction of sp³-hybridized carbons (Fsp3) is 0.489. The Bertz CT molecular complexity index is 2120. The molecule has 2 rings (SSSR count). The maximum atomic E-state index is 14.1. The molecule has 0 saturated heterocycles. The van der Waals surface area contributed by atoms with Crippen molar-refractivity contribution in [3.8, 4) is 0 Å². The average molecular weight is 983 g/mol. The van der Waals surface area contributed by atoms with Gasteiger partial charge in [0, 0.05) is 51.0 Å². The Morgan fingerprint density at radius 2 is 1.19 bits per heavy atom. The number of carboxylic acids is 4. The van der Waals surface area contributed by atoms with E-state index in [2.05, 4.69) is 31.3 Å². The van der Waals surface area contributed by atoms with Crippen LogP contribution in [0.25, 0.3) is 0 Å². The highest BCUT2D eigenvalue weighted by Crippen LogP contribution is 2.18. The molecule has 70 heavy (non-hydrogen) atoms. The molecule has 0 bridgehead atoms. The Balaban J connectivity index is 2.08. The number of hydrogen-bond acceptors (Lipinski definition) is 14. The first-order chi connectivity index (χ1) is 33.2. The van der Waals surface area contributed by atoms with Crippen LogP contribution in [0.15, 0.2) is 60.7 Å². The van der Waals surface area contributed by atoms with Gasteiger partial charge in [-0.25, -0.2) is 9.59 Å². The van der Waals surface area contributed by atoms with Gasteiger partial charge >= 0.3 is 29.9 Å². The number of ether oxygens (including phenoxy) is 1. The number of hydrogen-bond donors (Lipinski definition) is 10. The largest absolute Gasteiger partial charge is 0.481 e. The lowest BCUT2D eigenvalue weighted by molar-refractivity contribution is -0.145. The minimum atomic E-state index is -1.59. The van der Waals surface area contributed by atoms with Crippen LogP contribution >= 0.6 is 0 Å². The molecule has 0 heterocycles. The summed E-state index contributed by atoms with van der Waals surface area (Å²) >= 11 is 0. The van der Waals surface area contributed by atoms with Crippen molar-refractivity contribution in [1.82, 2.24) is 26.6 Å². The third-order valence-electron chi connectivity index (χ3n) is 10.9. The molecule has 23 nitrogen and oxygen atoms in total. The van der Waals surface area contributed by atoms with Gasteiger partial charge in [-0.05, 0) is 49.7 Å². The van der Waals surface area contributed by atoms with E-state index in [0.717, 1.165) is 0 Å². The van der Waals surface area contributed by atoms with E-state index in [9.17, 15) is 72.9 Å². The van der Waals surface area contributed by atoms with E-state index in [1.165, 1.54) is 6.92 Å². The number of unbranched alkanes of at least 4 members (excludes halogenated alkanes) is 1. The average Bonchev–Trinajstić information content (AvgIpc) is 3.31. The maximum Gasteiger partial charge on any atom is 0.326 e. The maximum absolute atomic E-state index is 14.1. The Labute approximate surface area is 403 Å². The van der Waals surface area contributed by atoms with E-state index in [1.54, 1.807) is 60.7 Å². The first-order valence-electron chi connectivity index (χ1n) is 22.6. The predicted octanol–water partition coefficient (Wildman–Crippen LogP) is 1.03. The summed E-state index contributed by atoms with van der Waals surface area (Å²) in [5.41, 5.74) is 7.42. The third-order valence-corrected chi connectivity index (χ3v) is 10.9. The van der Waals surface area contributed by atoms with Gasteiger partial charge in [-0.1, -0.05) is 67.6 Å². The number of ketones is 3. The normalized spacial score (nSPS) is 13.8. The summed E-state index contributed by atoms with van der Waals surface area (Å²) in [5.74, 6) is -11.4. The molecule has 0 aliphatic heterocycles. The molecule has 11 N–H and O–H groups in total. The summed E-state index contributed by atoms with van der Waals surface area (Å²) in [6, 6.07) is 10.7. The van der Waals surface area contributed by atoms with Crippen molar-refractivity contribution in [2.75, 3.05) is 6.54 Å². The number of carbonyl (C=O) groups excluding carboxylic acids is 8. The highest BCUT2D eigenvalue weighted by atomic mass is 16.5. The SMILES string of the molecule is CC[C@H](CC(=O)[C@H](CC(=O)O)NC(=O)[C@@H](N)CNC(=O)[C@@H](CC(=O)[C@H](Cc1ccccc1)NC(=O)CCCCC(=O)CC[C@H](NC(=O)N[C@@H](CCC(=O)O)OC=O)C(=O)O)Cc1ccccc1)C(=O)O. The van der Waals surface area contributed by atoms with Crippen LogP contribution in [-0.4, -0.2) is 129 Å². The van der Waals surface area contributed by atoms with Crippen molar-refractivity contribution >= 4 is 71.5 Å². The highest BCUT2D eigenvalue weighted by molar-refractivity contribution is 5.96. The lowest BCUT2D eigenvalue weighted by Gasteiger charge is -2.23. The van der Waals surface area contributed by atoms with Crippen LogP contribution in [-0.2, 0) is 70.3 Å². The van der Waals surface area contributed by atoms with Crippen LogP contribution in [0.5, 0.6) is 0 Å². The number of nitrogens with one attached hydrogen (secondary N) is 5. The monoisotopic (exact) mass is 982 g/mol. The molecule has 23 heteroatoms. The Morgan fingerprint density at radius 3 is 1.74 bits per heavy atom. The van der Waals surface area contributed by atoms with Crippen molar-refractivity contribution < 1.29 is 82.7 Å². The summed E-state index contributed by atoms with van der Waals surface area (Å²) in [6.07, 6.45) is -3.97. The van der Waals surface area contributed by atoms with Gasteiger partial charge < -0.3 is 57.5 Å². The first-order valence-corrected chi connectivity index (χ1v) is 22.6. The molecule has 0 fully saturated rings. The fourth-order valence-electron chi connectivity index (χ4n) is 6.98. The molecule has 5 amide bonds. The molecule has 0 aromatic heterocycles. The van der Waals surface area contributed by atoms with Gasteiger partial charge in [0.2, 0.25) is 17.7 Å². The second-order valence-corrected chi connectivity index (χ2v) is 16.4. The number of urea groups is 1. The van der Waals surface area contributed by atoms with Crippen LogP contribution in [0.1, 0.15) is 95.1 Å². The molecular formula is C47H62N6O17. The smallest absolute Gasteiger partial charge is 0.326 e. The molecule has 0 aliphatic rings. The minimum absolute atomic E-state index is 0.0106. The second kappa shape index (κ2) is 31.5. The Kier molecular flexibility index (Phi) is 26.3. The fourth-order valence-corrected chi connectivity index (χ4v) is 6.98. The predicted molar refractivity (Wildman–Crippen MR) is 245 cm³/mol. The highest BCUT2D eigenvalue weighted by Gasteiger charge is 2.32. The van der Waals surface area contributed by atoms with Crippen LogP contribution in [0.4, 0.5) is 4.79 Å². The van der Waals surface area contributed by atoms with Crippen LogP contribution < -0.4 is 32.3 Å². The number of amides is 5. The minimum Gasteiger partial charge on any atom is -0.481 e. The van der Waals surface area contributed by atoms with Gasteiger partial charge in [0.15, 0.2) is 17.8 Å². The summed E-state index contributed by atoms with van der Waals surface area (Å²) in [7, 11) is 0. The van der Waals surface area contributed by atoms with Gasteiger partial charge in [0.1, 0.15) is 17.9 Å². The van der Waals surface area contributed by atoms with Gasteiger partial charge in [0.25, 0.3) is 6.47 Å². The molecule has 2 aromatic rings. The molecule has 0 aliphatic carbocycles. The molecule has 0 radical (unpaired) electrons. The molecular weight excluding hydrogens is 921 g/mol. The van der Waals surface area contributed by atoms with E-state index in [4.69, 9.17) is 10.8 Å². The summed E-state index contributed by atoms with van der Waals surface area (Å²) in [4.78, 5) is 148. The number of rotatable bonds is 36.